The molecule has 2 aliphatic rings. The molecular weight excluding hydrogens is 745 g/mol. The zero-order chi connectivity index (χ0) is 31.4. The summed E-state index contributed by atoms with van der Waals surface area (Å²) >= 11 is 0. The molecule has 4 aromatic rings. The maximum atomic E-state index is 12.2. The first kappa shape index (κ1) is 37.6. The summed E-state index contributed by atoms with van der Waals surface area (Å²) in [6.07, 6.45) is 10.3. The van der Waals surface area contributed by atoms with Gasteiger partial charge in [-0.2, -0.15) is 0 Å². The summed E-state index contributed by atoms with van der Waals surface area (Å²) in [6, 6.07) is 22.2. The molecule has 1 aromatic heterocycles. The van der Waals surface area contributed by atoms with Gasteiger partial charge in [0, 0.05) is 49.4 Å². The van der Waals surface area contributed by atoms with Crippen LogP contribution in [0.5, 0.6) is 0 Å². The molecule has 0 unspecified atom stereocenters. The van der Waals surface area contributed by atoms with E-state index in [2.05, 4.69) is 89.2 Å². The van der Waals surface area contributed by atoms with Gasteiger partial charge in [-0.3, -0.25) is 14.8 Å². The fraction of sp³-hybridized carbons (Fsp3) is 0.488. The molecule has 46 heavy (non-hydrogen) atoms. The minimum atomic E-state index is 0. The van der Waals surface area contributed by atoms with E-state index in [1.165, 1.54) is 23.8 Å². The molecule has 3 aromatic carbocycles. The Morgan fingerprint density at radius 1 is 0.848 bits per heavy atom. The molecule has 2 saturated carbocycles. The van der Waals surface area contributed by atoms with Gasteiger partial charge in [-0.05, 0) is 67.6 Å². The molecule has 0 amide bonds. The van der Waals surface area contributed by atoms with Gasteiger partial charge in [0.15, 0.2) is 5.78 Å². The SMILES string of the molecule is C.CC1CCC(C(=O)C=C(O)C2CCC(C)CC2)CC1.Cc1nc2cc(C(C)(C)C)ccc2nc1-c1[c-]ccc2ccccc12.[Ir]. The van der Waals surface area contributed by atoms with Crippen LogP contribution in [-0.2, 0) is 30.3 Å². The van der Waals surface area contributed by atoms with E-state index in [0.29, 0.717) is 5.76 Å². The molecule has 6 rings (SSSR count). The van der Waals surface area contributed by atoms with E-state index >= 15 is 0 Å². The monoisotopic (exact) mass is 798 g/mol. The summed E-state index contributed by atoms with van der Waals surface area (Å²) in [6.45, 7) is 13.2. The standard InChI is InChI=1S/C23H21N2.C17H28O2.CH4.Ir/c1-15-22(19-11-7-9-16-8-5-6-10-18(16)19)25-20-13-12-17(23(2,3)4)14-21(20)24-15;1-12-3-7-14(8-4-12)16(18)11-17(19)15-9-5-13(2)6-10-15;;/h5-10,12-14H,1-4H3;11-15,18H,3-10H2,1-2H3;1H4;/q-1;;;. The van der Waals surface area contributed by atoms with Crippen LogP contribution >= 0.6 is 0 Å². The molecule has 0 atom stereocenters. The van der Waals surface area contributed by atoms with E-state index in [9.17, 15) is 9.90 Å². The number of aryl methyl sites for hydroxylation is 1. The quantitative estimate of drug-likeness (QED) is 0.127. The average Bonchev–Trinajstić information content (AvgIpc) is 3.00. The van der Waals surface area contributed by atoms with Crippen molar-refractivity contribution in [3.8, 4) is 11.3 Å². The number of fused-ring (bicyclic) bond motifs is 2. The Balaban J connectivity index is 0.000000249. The first-order valence-corrected chi connectivity index (χ1v) is 16.6. The smallest absolute Gasteiger partial charge is 0.162 e. The zero-order valence-corrected chi connectivity index (χ0v) is 30.2. The second-order valence-corrected chi connectivity index (χ2v) is 14.4. The van der Waals surface area contributed by atoms with E-state index in [1.54, 1.807) is 6.08 Å². The molecule has 2 aliphatic carbocycles. The van der Waals surface area contributed by atoms with Crippen LogP contribution in [0.25, 0.3) is 33.1 Å². The van der Waals surface area contributed by atoms with Gasteiger partial charge in [0.25, 0.3) is 0 Å². The van der Waals surface area contributed by atoms with Crippen molar-refractivity contribution in [1.29, 1.82) is 0 Å². The van der Waals surface area contributed by atoms with Crippen LogP contribution in [0.1, 0.15) is 105 Å². The van der Waals surface area contributed by atoms with Crippen molar-refractivity contribution in [2.24, 2.45) is 23.7 Å². The molecule has 0 aliphatic heterocycles. The molecule has 0 saturated heterocycles. The Labute approximate surface area is 290 Å². The summed E-state index contributed by atoms with van der Waals surface area (Å²) < 4.78 is 0. The van der Waals surface area contributed by atoms with Crippen molar-refractivity contribution < 1.29 is 30.0 Å². The molecular formula is C41H53IrN2O2-. The third-order valence-electron chi connectivity index (χ3n) is 9.80. The minimum Gasteiger partial charge on any atom is -0.512 e. The molecule has 0 bridgehead atoms. The summed E-state index contributed by atoms with van der Waals surface area (Å²) in [5.41, 5.74) is 6.12. The van der Waals surface area contributed by atoms with Gasteiger partial charge in [0.2, 0.25) is 0 Å². The van der Waals surface area contributed by atoms with Crippen LogP contribution in [-0.4, -0.2) is 20.9 Å². The first-order valence-electron chi connectivity index (χ1n) is 16.6. The normalized spacial score (nSPS) is 21.8. The number of nitrogens with zero attached hydrogens (tertiary/aromatic N) is 2. The predicted octanol–water partition coefficient (Wildman–Crippen LogP) is 11.1. The molecule has 0 spiro atoms. The fourth-order valence-corrected chi connectivity index (χ4v) is 6.69. The Bertz CT molecular complexity index is 1630. The number of ketones is 1. The Hall–Kier alpha value is -2.88. The number of rotatable bonds is 4. The maximum Gasteiger partial charge on any atom is 0.162 e. The number of hydrogen-bond acceptors (Lipinski definition) is 4. The molecule has 1 radical (unpaired) electrons. The van der Waals surface area contributed by atoms with Crippen LogP contribution in [0.15, 0.2) is 66.4 Å². The molecule has 5 heteroatoms. The largest absolute Gasteiger partial charge is 0.512 e. The Kier molecular flexibility index (Phi) is 13.3. The van der Waals surface area contributed by atoms with Crippen molar-refractivity contribution in [1.82, 2.24) is 9.97 Å². The Morgan fingerprint density at radius 3 is 2.09 bits per heavy atom. The number of allylic oxidation sites excluding steroid dienone is 2. The van der Waals surface area contributed by atoms with Crippen LogP contribution in [0.2, 0.25) is 0 Å². The number of hydrogen-bond donors (Lipinski definition) is 1. The third kappa shape index (κ3) is 9.13. The maximum absolute atomic E-state index is 12.2. The molecule has 4 nitrogen and oxygen atoms in total. The van der Waals surface area contributed by atoms with Gasteiger partial charge < -0.3 is 5.11 Å². The zero-order valence-electron chi connectivity index (χ0n) is 27.8. The summed E-state index contributed by atoms with van der Waals surface area (Å²) in [5, 5.41) is 12.5. The molecule has 1 heterocycles. The average molecular weight is 798 g/mol. The second-order valence-electron chi connectivity index (χ2n) is 14.4. The van der Waals surface area contributed by atoms with Crippen LogP contribution in [0.3, 0.4) is 0 Å². The van der Waals surface area contributed by atoms with Crippen molar-refractivity contribution in [3.63, 3.8) is 0 Å². The van der Waals surface area contributed by atoms with Gasteiger partial charge >= 0.3 is 0 Å². The fourth-order valence-electron chi connectivity index (χ4n) is 6.69. The Morgan fingerprint density at radius 2 is 1.46 bits per heavy atom. The third-order valence-corrected chi connectivity index (χ3v) is 9.80. The van der Waals surface area contributed by atoms with Crippen molar-refractivity contribution >= 4 is 27.6 Å². The minimum absolute atomic E-state index is 0. The number of aliphatic hydroxyl groups excluding tert-OH is 1. The van der Waals surface area contributed by atoms with E-state index in [4.69, 9.17) is 9.97 Å². The van der Waals surface area contributed by atoms with Crippen molar-refractivity contribution in [2.45, 2.75) is 106 Å². The summed E-state index contributed by atoms with van der Waals surface area (Å²) in [4.78, 5) is 22.0. The van der Waals surface area contributed by atoms with Gasteiger partial charge in [-0.1, -0.05) is 103 Å². The van der Waals surface area contributed by atoms with Crippen molar-refractivity contribution in [2.75, 3.05) is 0 Å². The molecule has 2 fully saturated rings. The number of carbonyl (C=O) groups excluding carboxylic acids is 1. The van der Waals surface area contributed by atoms with E-state index in [-0.39, 0.29) is 50.6 Å². The van der Waals surface area contributed by atoms with Crippen LogP contribution < -0.4 is 0 Å². The van der Waals surface area contributed by atoms with E-state index in [0.717, 1.165) is 83.7 Å². The first-order chi connectivity index (χ1) is 21.0. The van der Waals surface area contributed by atoms with Crippen molar-refractivity contribution in [3.05, 3.63) is 83.8 Å². The van der Waals surface area contributed by atoms with Gasteiger partial charge in [-0.15, -0.1) is 29.1 Å². The summed E-state index contributed by atoms with van der Waals surface area (Å²) in [7, 11) is 0. The number of benzene rings is 3. The molecule has 1 N–H and O–H groups in total. The topological polar surface area (TPSA) is 63.1 Å². The van der Waals surface area contributed by atoms with Gasteiger partial charge in [0.05, 0.1) is 16.8 Å². The van der Waals surface area contributed by atoms with E-state index in [1.807, 2.05) is 13.0 Å². The molecule has 249 valence electrons. The predicted molar refractivity (Wildman–Crippen MR) is 189 cm³/mol. The van der Waals surface area contributed by atoms with E-state index < -0.39 is 0 Å². The van der Waals surface area contributed by atoms with Gasteiger partial charge in [0.1, 0.15) is 0 Å². The summed E-state index contributed by atoms with van der Waals surface area (Å²) in [5.74, 6) is 2.48. The van der Waals surface area contributed by atoms with Crippen LogP contribution in [0.4, 0.5) is 0 Å². The second kappa shape index (κ2) is 16.3. The number of aliphatic hydroxyl groups is 1. The van der Waals surface area contributed by atoms with Crippen LogP contribution in [0, 0.1) is 36.7 Å². The number of aromatic nitrogens is 2. The number of carbonyl (C=O) groups is 1. The van der Waals surface area contributed by atoms with Gasteiger partial charge in [-0.25, -0.2) is 0 Å².